The Kier molecular flexibility index (Phi) is 2.67. The molecular formula is C10H10BrN5O2. The lowest BCUT2D eigenvalue weighted by atomic mass is 10.2. The van der Waals surface area contributed by atoms with Crippen LogP contribution in [0.3, 0.4) is 0 Å². The van der Waals surface area contributed by atoms with E-state index in [0.29, 0.717) is 29.2 Å². The van der Waals surface area contributed by atoms with Crippen LogP contribution in [0.4, 0.5) is 5.82 Å². The van der Waals surface area contributed by atoms with Crippen LogP contribution in [0, 0.1) is 0 Å². The van der Waals surface area contributed by atoms with Gasteiger partial charge in [0.15, 0.2) is 17.7 Å². The van der Waals surface area contributed by atoms with Gasteiger partial charge in [0.25, 0.3) is 0 Å². The van der Waals surface area contributed by atoms with Crippen LogP contribution in [-0.4, -0.2) is 30.7 Å². The molecule has 7 nitrogen and oxygen atoms in total. The first-order valence-corrected chi connectivity index (χ1v) is 6.20. The van der Waals surface area contributed by atoms with Gasteiger partial charge in [-0.05, 0) is 0 Å². The number of hydrogen-bond donors (Lipinski definition) is 2. The van der Waals surface area contributed by atoms with Gasteiger partial charge in [-0.3, -0.25) is 4.57 Å². The summed E-state index contributed by atoms with van der Waals surface area (Å²) in [5.74, 6) is 0.817. The Hall–Kier alpha value is -1.67. The van der Waals surface area contributed by atoms with Crippen molar-refractivity contribution < 1.29 is 9.84 Å². The Morgan fingerprint density at radius 2 is 2.33 bits per heavy atom. The second kappa shape index (κ2) is 4.21. The molecule has 0 unspecified atom stereocenters. The first kappa shape index (κ1) is 11.4. The van der Waals surface area contributed by atoms with Crippen molar-refractivity contribution in [2.24, 2.45) is 0 Å². The van der Waals surface area contributed by atoms with Gasteiger partial charge in [-0.2, -0.15) is 0 Å². The molecule has 1 saturated heterocycles. The van der Waals surface area contributed by atoms with Gasteiger partial charge in [-0.1, -0.05) is 15.9 Å². The molecule has 0 radical (unpaired) electrons. The van der Waals surface area contributed by atoms with Crippen LogP contribution < -0.4 is 5.73 Å². The molecule has 8 heteroatoms. The summed E-state index contributed by atoms with van der Waals surface area (Å²) in [5, 5.41) is 9.77. The molecule has 1 aliphatic rings. The van der Waals surface area contributed by atoms with E-state index in [4.69, 9.17) is 10.5 Å². The minimum atomic E-state index is -0.633. The number of imidazole rings is 1. The maximum absolute atomic E-state index is 9.77. The third-order valence-corrected chi connectivity index (χ3v) is 3.28. The molecular weight excluding hydrogens is 302 g/mol. The second-order valence-electron chi connectivity index (χ2n) is 3.92. The molecule has 1 aliphatic heterocycles. The summed E-state index contributed by atoms with van der Waals surface area (Å²) in [6.45, 7) is 0. The molecule has 2 aromatic heterocycles. The molecule has 0 aromatic carbocycles. The minimum absolute atomic E-state index is 0.327. The number of anilines is 1. The molecule has 0 aliphatic carbocycles. The number of aromatic nitrogens is 4. The Balaban J connectivity index is 2.04. The van der Waals surface area contributed by atoms with Gasteiger partial charge < -0.3 is 15.6 Å². The van der Waals surface area contributed by atoms with Crippen LogP contribution >= 0.6 is 15.9 Å². The SMILES string of the molecule is Nc1ncnc2c1ncn2[C@H]1C[C@H](O)C(=CBr)O1. The molecule has 0 saturated carbocycles. The largest absolute Gasteiger partial charge is 0.471 e. The van der Waals surface area contributed by atoms with E-state index in [9.17, 15) is 5.11 Å². The predicted octanol–water partition coefficient (Wildman–Crippen LogP) is 0.925. The van der Waals surface area contributed by atoms with Gasteiger partial charge in [0.05, 0.1) is 0 Å². The lowest BCUT2D eigenvalue weighted by molar-refractivity contribution is 0.101. The summed E-state index contributed by atoms with van der Waals surface area (Å²) in [4.78, 5) is 13.7. The van der Waals surface area contributed by atoms with Crippen molar-refractivity contribution in [3.05, 3.63) is 23.4 Å². The summed E-state index contributed by atoms with van der Waals surface area (Å²) < 4.78 is 7.34. The second-order valence-corrected chi connectivity index (χ2v) is 4.38. The van der Waals surface area contributed by atoms with E-state index in [-0.39, 0.29) is 6.23 Å². The molecule has 18 heavy (non-hydrogen) atoms. The van der Waals surface area contributed by atoms with E-state index in [1.807, 2.05) is 0 Å². The van der Waals surface area contributed by atoms with E-state index in [1.165, 1.54) is 6.33 Å². The lowest BCUT2D eigenvalue weighted by Gasteiger charge is -2.11. The molecule has 94 valence electrons. The highest BCUT2D eigenvalue weighted by Gasteiger charge is 2.31. The summed E-state index contributed by atoms with van der Waals surface area (Å²) in [6.07, 6.45) is 2.42. The fourth-order valence-electron chi connectivity index (χ4n) is 1.94. The van der Waals surface area contributed by atoms with Crippen LogP contribution in [0.5, 0.6) is 0 Å². The van der Waals surface area contributed by atoms with Gasteiger partial charge in [0.2, 0.25) is 0 Å². The molecule has 2 aromatic rings. The standard InChI is InChI=1S/C10H10BrN5O2/c11-2-6-5(17)1-7(18-6)16-4-15-8-9(12)13-3-14-10(8)16/h2-5,7,17H,1H2,(H2,12,13,14)/t5-,7+/m0/s1. The van der Waals surface area contributed by atoms with Gasteiger partial charge in [0.1, 0.15) is 30.0 Å². The van der Waals surface area contributed by atoms with Crippen molar-refractivity contribution >= 4 is 32.9 Å². The number of hydrogen-bond acceptors (Lipinski definition) is 6. The molecule has 0 bridgehead atoms. The monoisotopic (exact) mass is 311 g/mol. The zero-order valence-electron chi connectivity index (χ0n) is 9.19. The number of rotatable bonds is 1. The van der Waals surface area contributed by atoms with Crippen LogP contribution in [0.15, 0.2) is 23.4 Å². The van der Waals surface area contributed by atoms with E-state index in [0.717, 1.165) is 0 Å². The minimum Gasteiger partial charge on any atom is -0.471 e. The number of nitrogen functional groups attached to an aromatic ring is 1. The maximum atomic E-state index is 9.77. The van der Waals surface area contributed by atoms with Gasteiger partial charge in [0, 0.05) is 11.4 Å². The number of aliphatic hydroxyl groups excluding tert-OH is 1. The highest BCUT2D eigenvalue weighted by molar-refractivity contribution is 9.11. The van der Waals surface area contributed by atoms with Gasteiger partial charge in [-0.15, -0.1) is 0 Å². The van der Waals surface area contributed by atoms with Crippen molar-refractivity contribution in [1.29, 1.82) is 0 Å². The average Bonchev–Trinajstić information content (AvgIpc) is 2.93. The summed E-state index contributed by atoms with van der Waals surface area (Å²) in [7, 11) is 0. The molecule has 0 spiro atoms. The Morgan fingerprint density at radius 3 is 3.06 bits per heavy atom. The van der Waals surface area contributed by atoms with Crippen molar-refractivity contribution in [2.75, 3.05) is 5.73 Å². The number of aliphatic hydroxyl groups is 1. The van der Waals surface area contributed by atoms with Crippen molar-refractivity contribution in [3.63, 3.8) is 0 Å². The van der Waals surface area contributed by atoms with Crippen molar-refractivity contribution in [2.45, 2.75) is 18.8 Å². The highest BCUT2D eigenvalue weighted by atomic mass is 79.9. The van der Waals surface area contributed by atoms with Gasteiger partial charge >= 0.3 is 0 Å². The van der Waals surface area contributed by atoms with E-state index >= 15 is 0 Å². The molecule has 2 atom stereocenters. The Labute approximate surface area is 110 Å². The fraction of sp³-hybridized carbons (Fsp3) is 0.300. The number of ether oxygens (including phenoxy) is 1. The number of nitrogens with two attached hydrogens (primary N) is 1. The number of halogens is 1. The summed E-state index contributed by atoms with van der Waals surface area (Å²) >= 11 is 3.15. The Bertz CT molecular complexity index is 626. The van der Waals surface area contributed by atoms with E-state index < -0.39 is 6.10 Å². The van der Waals surface area contributed by atoms with E-state index in [1.54, 1.807) is 15.9 Å². The van der Waals surface area contributed by atoms with Crippen LogP contribution in [0.2, 0.25) is 0 Å². The number of fused-ring (bicyclic) bond motifs is 1. The number of nitrogens with zero attached hydrogens (tertiary/aromatic N) is 4. The van der Waals surface area contributed by atoms with Gasteiger partial charge in [-0.25, -0.2) is 15.0 Å². The summed E-state index contributed by atoms with van der Waals surface area (Å²) in [5.41, 5.74) is 6.84. The quantitative estimate of drug-likeness (QED) is 0.812. The zero-order valence-corrected chi connectivity index (χ0v) is 10.8. The van der Waals surface area contributed by atoms with Crippen LogP contribution in [0.25, 0.3) is 11.2 Å². The topological polar surface area (TPSA) is 99.1 Å². The third kappa shape index (κ3) is 1.65. The zero-order chi connectivity index (χ0) is 12.7. The first-order valence-electron chi connectivity index (χ1n) is 5.28. The van der Waals surface area contributed by atoms with Crippen molar-refractivity contribution in [1.82, 2.24) is 19.5 Å². The smallest absolute Gasteiger partial charge is 0.181 e. The highest BCUT2D eigenvalue weighted by Crippen LogP contribution is 2.33. The maximum Gasteiger partial charge on any atom is 0.181 e. The summed E-state index contributed by atoms with van der Waals surface area (Å²) in [6, 6.07) is 0. The molecule has 3 rings (SSSR count). The Morgan fingerprint density at radius 1 is 1.50 bits per heavy atom. The fourth-order valence-corrected chi connectivity index (χ4v) is 2.35. The average molecular weight is 312 g/mol. The molecule has 1 fully saturated rings. The van der Waals surface area contributed by atoms with E-state index in [2.05, 4.69) is 30.9 Å². The van der Waals surface area contributed by atoms with Crippen LogP contribution in [0.1, 0.15) is 12.6 Å². The predicted molar refractivity (Wildman–Crippen MR) is 67.5 cm³/mol. The molecule has 0 amide bonds. The first-order chi connectivity index (χ1) is 8.70. The van der Waals surface area contributed by atoms with Crippen LogP contribution in [-0.2, 0) is 4.74 Å². The normalized spacial score (nSPS) is 25.8. The van der Waals surface area contributed by atoms with Crippen molar-refractivity contribution in [3.8, 4) is 0 Å². The third-order valence-electron chi connectivity index (χ3n) is 2.83. The lowest BCUT2D eigenvalue weighted by Crippen LogP contribution is -2.08. The molecule has 3 N–H and O–H groups in total. The molecule has 3 heterocycles.